The molecule has 0 spiro atoms. The third-order valence-corrected chi connectivity index (χ3v) is 8.26. The van der Waals surface area contributed by atoms with Crippen LogP contribution >= 0.6 is 0 Å². The van der Waals surface area contributed by atoms with Gasteiger partial charge in [-0.3, -0.25) is 10.1 Å². The number of aliphatic hydroxyl groups is 1. The number of nitro groups is 1. The number of carbonyl (C=O) groups is 1. The van der Waals surface area contributed by atoms with Crippen LogP contribution in [0.25, 0.3) is 0 Å². The largest absolute Gasteiger partial charge is 0.444 e. The van der Waals surface area contributed by atoms with Gasteiger partial charge < -0.3 is 25.4 Å². The summed E-state index contributed by atoms with van der Waals surface area (Å²) in [5.74, 6) is 2.08. The minimum absolute atomic E-state index is 0.102. The van der Waals surface area contributed by atoms with Crippen molar-refractivity contribution in [3.8, 4) is 0 Å². The fourth-order valence-electron chi connectivity index (χ4n) is 5.76. The second-order valence-electron chi connectivity index (χ2n) is 12.7. The lowest BCUT2D eigenvalue weighted by atomic mass is 9.82. The van der Waals surface area contributed by atoms with Gasteiger partial charge >= 0.3 is 11.8 Å². The van der Waals surface area contributed by atoms with Crippen molar-refractivity contribution in [3.05, 3.63) is 52.0 Å². The lowest BCUT2D eigenvalue weighted by Crippen LogP contribution is -2.40. The molecule has 1 aliphatic carbocycles. The molecule has 230 valence electrons. The molecule has 4 rings (SSSR count). The third kappa shape index (κ3) is 9.54. The topological polar surface area (TPSA) is 143 Å². The Kier molecular flexibility index (Phi) is 11.0. The van der Waals surface area contributed by atoms with Gasteiger partial charge in [0.15, 0.2) is 0 Å². The number of carbonyl (C=O) groups excluding carboxylic acids is 1. The van der Waals surface area contributed by atoms with Gasteiger partial charge in [0.05, 0.1) is 4.92 Å². The minimum Gasteiger partial charge on any atom is -0.444 e. The molecule has 2 aromatic rings. The Morgan fingerprint density at radius 1 is 1.07 bits per heavy atom. The summed E-state index contributed by atoms with van der Waals surface area (Å²) in [6.45, 7) is 8.92. The zero-order valence-electron chi connectivity index (χ0n) is 25.2. The van der Waals surface area contributed by atoms with E-state index in [0.29, 0.717) is 43.1 Å². The lowest BCUT2D eigenvalue weighted by Gasteiger charge is -2.34. The van der Waals surface area contributed by atoms with E-state index >= 15 is 0 Å². The van der Waals surface area contributed by atoms with E-state index in [0.717, 1.165) is 58.0 Å². The van der Waals surface area contributed by atoms with Gasteiger partial charge in [0.1, 0.15) is 17.6 Å². The van der Waals surface area contributed by atoms with Crippen LogP contribution in [0.5, 0.6) is 0 Å². The highest BCUT2D eigenvalue weighted by atomic mass is 16.6. The van der Waals surface area contributed by atoms with E-state index in [4.69, 9.17) is 4.74 Å². The molecule has 0 atom stereocenters. The van der Waals surface area contributed by atoms with E-state index in [2.05, 4.69) is 49.8 Å². The van der Waals surface area contributed by atoms with E-state index in [1.807, 2.05) is 20.8 Å². The standard InChI is InChI=1S/C31H46N6O5/c1-31(2,3)42-30(39)34-19-24-13-15-36(16-14-24)26-6-4-5-22(17-26)11-12-28-32-20-27(37(40)41)29(35-28)33-18-23-7-9-25(21-38)10-8-23/h4-6,17,20,23-25,38H,7-16,18-19,21H2,1-3H3,(H,34,39)(H,32,33,35)/t23-,25-. The number of piperidine rings is 1. The number of nitrogens with one attached hydrogen (secondary N) is 2. The molecule has 1 saturated carbocycles. The number of rotatable bonds is 11. The number of aromatic nitrogens is 2. The summed E-state index contributed by atoms with van der Waals surface area (Å²) < 4.78 is 5.34. The number of anilines is 2. The maximum atomic E-state index is 12.0. The number of nitrogens with zero attached hydrogens (tertiary/aromatic N) is 4. The second-order valence-corrected chi connectivity index (χ2v) is 12.7. The van der Waals surface area contributed by atoms with Crippen LogP contribution in [0.2, 0.25) is 0 Å². The molecule has 2 heterocycles. The molecule has 0 unspecified atom stereocenters. The van der Waals surface area contributed by atoms with Gasteiger partial charge in [-0.1, -0.05) is 12.1 Å². The van der Waals surface area contributed by atoms with Gasteiger partial charge in [-0.25, -0.2) is 14.8 Å². The molecule has 11 nitrogen and oxygen atoms in total. The highest BCUT2D eigenvalue weighted by Crippen LogP contribution is 2.30. The van der Waals surface area contributed by atoms with Gasteiger partial charge in [0.25, 0.3) is 0 Å². The summed E-state index contributed by atoms with van der Waals surface area (Å²) >= 11 is 0. The second kappa shape index (κ2) is 14.6. The van der Waals surface area contributed by atoms with Crippen LogP contribution in [0.3, 0.4) is 0 Å². The van der Waals surface area contributed by atoms with Crippen LogP contribution in [0, 0.1) is 27.9 Å². The molecule has 42 heavy (non-hydrogen) atoms. The van der Waals surface area contributed by atoms with Crippen LogP contribution < -0.4 is 15.5 Å². The molecule has 0 radical (unpaired) electrons. The first-order valence-corrected chi connectivity index (χ1v) is 15.3. The number of ether oxygens (including phenoxy) is 1. The first-order valence-electron chi connectivity index (χ1n) is 15.3. The number of hydrogen-bond acceptors (Lipinski definition) is 9. The van der Waals surface area contributed by atoms with Gasteiger partial charge in [-0.05, 0) is 101 Å². The number of benzene rings is 1. The fraction of sp³-hybridized carbons (Fsp3) is 0.645. The number of amides is 1. The molecule has 3 N–H and O–H groups in total. The normalized spacial score (nSPS) is 19.8. The predicted molar refractivity (Wildman–Crippen MR) is 163 cm³/mol. The van der Waals surface area contributed by atoms with E-state index in [9.17, 15) is 20.0 Å². The number of aryl methyl sites for hydroxylation is 2. The van der Waals surface area contributed by atoms with Crippen molar-refractivity contribution in [3.63, 3.8) is 0 Å². The van der Waals surface area contributed by atoms with E-state index < -0.39 is 10.5 Å². The molecule has 0 bridgehead atoms. The molecule has 1 saturated heterocycles. The number of alkyl carbamates (subject to hydrolysis) is 1. The Morgan fingerprint density at radius 3 is 2.43 bits per heavy atom. The SMILES string of the molecule is CC(C)(C)OC(=O)NCC1CCN(c2cccc(CCc3ncc([N+](=O)[O-])c(NC[C@H]4CC[C@H](CO)CC4)n3)c2)CC1. The van der Waals surface area contributed by atoms with E-state index in [1.165, 1.54) is 17.4 Å². The van der Waals surface area contributed by atoms with Gasteiger partial charge in [0.2, 0.25) is 5.82 Å². The quantitative estimate of drug-likeness (QED) is 0.243. The van der Waals surface area contributed by atoms with E-state index in [1.54, 1.807) is 0 Å². The minimum atomic E-state index is -0.497. The van der Waals surface area contributed by atoms with Crippen LogP contribution in [0.4, 0.5) is 22.0 Å². The Hall–Kier alpha value is -3.47. The Bertz CT molecular complexity index is 1190. The van der Waals surface area contributed by atoms with Crippen molar-refractivity contribution >= 4 is 23.3 Å². The van der Waals surface area contributed by atoms with Crippen molar-refractivity contribution in [1.29, 1.82) is 0 Å². The monoisotopic (exact) mass is 582 g/mol. The summed E-state index contributed by atoms with van der Waals surface area (Å²) in [7, 11) is 0. The van der Waals surface area contributed by atoms with Crippen molar-refractivity contribution in [2.24, 2.45) is 17.8 Å². The zero-order valence-corrected chi connectivity index (χ0v) is 25.2. The van der Waals surface area contributed by atoms with Crippen molar-refractivity contribution in [2.75, 3.05) is 43.0 Å². The lowest BCUT2D eigenvalue weighted by molar-refractivity contribution is -0.384. The molecule has 1 aromatic heterocycles. The molecule has 2 aliphatic rings. The smallest absolute Gasteiger partial charge is 0.407 e. The first kappa shape index (κ1) is 31.5. The predicted octanol–water partition coefficient (Wildman–Crippen LogP) is 5.12. The average Bonchev–Trinajstić information content (AvgIpc) is 2.97. The molecule has 2 fully saturated rings. The zero-order chi connectivity index (χ0) is 30.1. The van der Waals surface area contributed by atoms with Gasteiger partial charge in [-0.15, -0.1) is 0 Å². The number of hydrogen-bond donors (Lipinski definition) is 3. The van der Waals surface area contributed by atoms with Crippen LogP contribution in [-0.2, 0) is 17.6 Å². The molecular formula is C31H46N6O5. The first-order chi connectivity index (χ1) is 20.1. The highest BCUT2D eigenvalue weighted by molar-refractivity contribution is 5.67. The molecule has 1 aliphatic heterocycles. The van der Waals surface area contributed by atoms with Crippen LogP contribution in [0.15, 0.2) is 30.5 Å². The highest BCUT2D eigenvalue weighted by Gasteiger charge is 2.24. The summed E-state index contributed by atoms with van der Waals surface area (Å²) in [5.41, 5.74) is 1.74. The van der Waals surface area contributed by atoms with Crippen molar-refractivity contribution in [2.45, 2.75) is 77.7 Å². The average molecular weight is 583 g/mol. The Labute approximate surface area is 248 Å². The molecule has 1 amide bonds. The summed E-state index contributed by atoms with van der Waals surface area (Å²) in [4.78, 5) is 34.4. The summed E-state index contributed by atoms with van der Waals surface area (Å²) in [6, 6.07) is 8.48. The molecular weight excluding hydrogens is 536 g/mol. The molecule has 1 aromatic carbocycles. The summed E-state index contributed by atoms with van der Waals surface area (Å²) in [6.07, 6.45) is 8.23. The maximum absolute atomic E-state index is 12.0. The molecule has 11 heteroatoms. The van der Waals surface area contributed by atoms with Crippen molar-refractivity contribution < 1.29 is 19.6 Å². The van der Waals surface area contributed by atoms with Crippen LogP contribution in [0.1, 0.15) is 70.7 Å². The van der Waals surface area contributed by atoms with Gasteiger partial charge in [-0.2, -0.15) is 0 Å². The van der Waals surface area contributed by atoms with Crippen LogP contribution in [-0.4, -0.2) is 64.5 Å². The van der Waals surface area contributed by atoms with Crippen molar-refractivity contribution in [1.82, 2.24) is 15.3 Å². The van der Waals surface area contributed by atoms with E-state index in [-0.39, 0.29) is 24.2 Å². The van der Waals surface area contributed by atoms with Gasteiger partial charge in [0, 0.05) is 44.9 Å². The maximum Gasteiger partial charge on any atom is 0.407 e. The summed E-state index contributed by atoms with van der Waals surface area (Å²) in [5, 5.41) is 27.1. The Morgan fingerprint density at radius 2 is 1.76 bits per heavy atom. The Balaban J connectivity index is 1.28. The number of aliphatic hydroxyl groups excluding tert-OH is 1. The fourth-order valence-corrected chi connectivity index (χ4v) is 5.76. The third-order valence-electron chi connectivity index (χ3n) is 8.26.